The van der Waals surface area contributed by atoms with E-state index in [1.165, 1.54) is 0 Å². The molecule has 22 heavy (non-hydrogen) atoms. The van der Waals surface area contributed by atoms with Crippen molar-refractivity contribution >= 4 is 8.32 Å². The van der Waals surface area contributed by atoms with Crippen molar-refractivity contribution in [1.29, 1.82) is 0 Å². The van der Waals surface area contributed by atoms with E-state index in [1.54, 1.807) is 0 Å². The first-order chi connectivity index (χ1) is 10.1. The van der Waals surface area contributed by atoms with Crippen molar-refractivity contribution in [3.8, 4) is 11.4 Å². The fraction of sp³-hybridized carbons (Fsp3) is 0.529. The van der Waals surface area contributed by atoms with Crippen LogP contribution in [0.1, 0.15) is 26.3 Å². The highest BCUT2D eigenvalue weighted by molar-refractivity contribution is 6.74. The largest absolute Gasteiger partial charge is 0.412 e. The van der Waals surface area contributed by atoms with Gasteiger partial charge in [0, 0.05) is 17.8 Å². The van der Waals surface area contributed by atoms with E-state index in [0.717, 1.165) is 17.0 Å². The summed E-state index contributed by atoms with van der Waals surface area (Å²) < 4.78 is 10.5. The summed E-state index contributed by atoms with van der Waals surface area (Å²) in [5, 5.41) is 0.215. The van der Waals surface area contributed by atoms with E-state index in [-0.39, 0.29) is 5.04 Å². The van der Waals surface area contributed by atoms with Crippen molar-refractivity contribution in [2.75, 3.05) is 0 Å². The highest BCUT2D eigenvalue weighted by Gasteiger charge is 2.37. The molecule has 2 heterocycles. The second-order valence-electron chi connectivity index (χ2n) is 7.36. The van der Waals surface area contributed by atoms with Gasteiger partial charge in [0.2, 0.25) is 0 Å². The number of rotatable bonds is 4. The first-order valence-electron chi connectivity index (χ1n) is 7.73. The zero-order chi connectivity index (χ0) is 16.5. The number of aromatic nitrogens is 3. The van der Waals surface area contributed by atoms with Crippen LogP contribution in [-0.2, 0) is 25.1 Å². The van der Waals surface area contributed by atoms with Gasteiger partial charge in [0.05, 0.1) is 19.3 Å². The van der Waals surface area contributed by atoms with Crippen molar-refractivity contribution in [3.05, 3.63) is 36.2 Å². The zero-order valence-electron chi connectivity index (χ0n) is 14.8. The molecule has 5 heteroatoms. The Morgan fingerprint density at radius 3 is 2.50 bits per heavy atom. The van der Waals surface area contributed by atoms with Gasteiger partial charge < -0.3 is 4.43 Å². The van der Waals surface area contributed by atoms with Gasteiger partial charge in [-0.05, 0) is 24.2 Å². The molecular weight excluding hydrogens is 290 g/mol. The van der Waals surface area contributed by atoms with E-state index in [1.807, 2.05) is 37.2 Å². The number of hydrogen-bond acceptors (Lipinski definition) is 2. The molecule has 120 valence electrons. The molecule has 0 unspecified atom stereocenters. The maximum absolute atomic E-state index is 6.37. The summed E-state index contributed by atoms with van der Waals surface area (Å²) in [6.45, 7) is 12.0. The first kappa shape index (κ1) is 16.9. The summed E-state index contributed by atoms with van der Waals surface area (Å²) >= 11 is 0. The van der Waals surface area contributed by atoms with Gasteiger partial charge in [-0.25, -0.2) is 0 Å². The van der Waals surface area contributed by atoms with Crippen molar-refractivity contribution < 1.29 is 9.11 Å². The minimum absolute atomic E-state index is 0.215. The maximum atomic E-state index is 6.37. The van der Waals surface area contributed by atoms with E-state index < -0.39 is 8.32 Å². The van der Waals surface area contributed by atoms with Crippen LogP contribution in [0.2, 0.25) is 18.1 Å². The third kappa shape index (κ3) is 3.30. The molecule has 0 aromatic carbocycles. The quantitative estimate of drug-likeness (QED) is 0.639. The van der Waals surface area contributed by atoms with E-state index in [0.29, 0.717) is 6.61 Å². The molecule has 0 aliphatic carbocycles. The molecule has 0 radical (unpaired) electrons. The van der Waals surface area contributed by atoms with Crippen LogP contribution in [0.15, 0.2) is 30.6 Å². The average molecular weight is 319 g/mol. The Morgan fingerprint density at radius 1 is 1.27 bits per heavy atom. The predicted molar refractivity (Wildman–Crippen MR) is 91.8 cm³/mol. The molecule has 0 spiro atoms. The Balaban J connectivity index is 2.29. The topological polar surface area (TPSA) is 30.9 Å². The predicted octanol–water partition coefficient (Wildman–Crippen LogP) is 3.43. The SMILES string of the molecule is Cn1c(-c2ncccc2CO[Si](C)(C)C(C)(C)C)cc[n+]1C. The lowest BCUT2D eigenvalue weighted by Crippen LogP contribution is -2.40. The van der Waals surface area contributed by atoms with Crippen molar-refractivity contribution in [2.24, 2.45) is 14.1 Å². The molecule has 2 aromatic heterocycles. The standard InChI is InChI=1S/C17H28N3OSi/c1-17(2,3)22(6,7)21-13-14-9-8-11-18-16(14)15-10-12-19(4)20(15)5/h8-12H,13H2,1-7H3/q+1. The van der Waals surface area contributed by atoms with Gasteiger partial charge in [-0.3, -0.25) is 4.98 Å². The molecule has 0 saturated carbocycles. The fourth-order valence-corrected chi connectivity index (χ4v) is 3.00. The zero-order valence-corrected chi connectivity index (χ0v) is 15.8. The third-order valence-corrected chi connectivity index (χ3v) is 9.28. The number of hydrogen-bond donors (Lipinski definition) is 0. The molecule has 0 saturated heterocycles. The minimum atomic E-state index is -1.76. The van der Waals surface area contributed by atoms with Crippen LogP contribution in [0, 0.1) is 0 Å². The molecule has 0 fully saturated rings. The van der Waals surface area contributed by atoms with E-state index in [4.69, 9.17) is 4.43 Å². The average Bonchev–Trinajstić information content (AvgIpc) is 2.76. The maximum Gasteiger partial charge on any atom is 0.196 e. The van der Waals surface area contributed by atoms with Gasteiger partial charge in [0.15, 0.2) is 21.6 Å². The van der Waals surface area contributed by atoms with Gasteiger partial charge in [-0.15, -0.1) is 4.68 Å². The summed E-state index contributed by atoms with van der Waals surface area (Å²) in [4.78, 5) is 4.59. The molecule has 2 rings (SSSR count). The minimum Gasteiger partial charge on any atom is -0.412 e. The normalized spacial score (nSPS) is 12.7. The summed E-state index contributed by atoms with van der Waals surface area (Å²) in [6.07, 6.45) is 3.89. The van der Waals surface area contributed by atoms with E-state index in [2.05, 4.69) is 55.7 Å². The van der Waals surface area contributed by atoms with Gasteiger partial charge in [0.1, 0.15) is 5.69 Å². The van der Waals surface area contributed by atoms with Gasteiger partial charge in [-0.2, -0.15) is 4.68 Å². The van der Waals surface area contributed by atoms with Crippen LogP contribution in [0.3, 0.4) is 0 Å². The Kier molecular flexibility index (Phi) is 4.59. The van der Waals surface area contributed by atoms with E-state index in [9.17, 15) is 0 Å². The summed E-state index contributed by atoms with van der Waals surface area (Å²) in [7, 11) is 2.31. The number of nitrogens with zero attached hydrogens (tertiary/aromatic N) is 3. The van der Waals surface area contributed by atoms with Crippen LogP contribution in [-0.4, -0.2) is 18.0 Å². The Bertz CT molecular complexity index is 656. The van der Waals surface area contributed by atoms with Gasteiger partial charge in [0.25, 0.3) is 0 Å². The number of pyridine rings is 1. The molecule has 0 atom stereocenters. The monoisotopic (exact) mass is 318 g/mol. The molecule has 0 aliphatic heterocycles. The van der Waals surface area contributed by atoms with Gasteiger partial charge in [-0.1, -0.05) is 26.8 Å². The highest BCUT2D eigenvalue weighted by Crippen LogP contribution is 2.37. The Hall–Kier alpha value is -1.46. The molecule has 2 aromatic rings. The first-order valence-corrected chi connectivity index (χ1v) is 10.6. The molecule has 0 N–H and O–H groups in total. The van der Waals surface area contributed by atoms with Gasteiger partial charge >= 0.3 is 0 Å². The fourth-order valence-electron chi connectivity index (χ4n) is 2.05. The van der Waals surface area contributed by atoms with Crippen LogP contribution >= 0.6 is 0 Å². The van der Waals surface area contributed by atoms with Crippen LogP contribution in [0.4, 0.5) is 0 Å². The molecular formula is C17H28N3OSi+. The van der Waals surface area contributed by atoms with Crippen LogP contribution in [0.25, 0.3) is 11.4 Å². The smallest absolute Gasteiger partial charge is 0.196 e. The van der Waals surface area contributed by atoms with Crippen molar-refractivity contribution in [3.63, 3.8) is 0 Å². The van der Waals surface area contributed by atoms with E-state index >= 15 is 0 Å². The van der Waals surface area contributed by atoms with Crippen LogP contribution in [0.5, 0.6) is 0 Å². The molecule has 0 amide bonds. The summed E-state index contributed by atoms with van der Waals surface area (Å²) in [5.74, 6) is 0. The lowest BCUT2D eigenvalue weighted by molar-refractivity contribution is -0.750. The van der Waals surface area contributed by atoms with Crippen molar-refractivity contribution in [2.45, 2.75) is 45.5 Å². The Morgan fingerprint density at radius 2 is 1.95 bits per heavy atom. The molecule has 0 bridgehead atoms. The number of aryl methyl sites for hydroxylation is 1. The molecule has 0 aliphatic rings. The second-order valence-corrected chi connectivity index (χ2v) is 12.2. The Labute approximate surface area is 134 Å². The highest BCUT2D eigenvalue weighted by atomic mass is 28.4. The lowest BCUT2D eigenvalue weighted by Gasteiger charge is -2.36. The second kappa shape index (κ2) is 5.97. The summed E-state index contributed by atoms with van der Waals surface area (Å²) in [6, 6.07) is 6.19. The lowest BCUT2D eigenvalue weighted by atomic mass is 10.1. The van der Waals surface area contributed by atoms with Crippen LogP contribution < -0.4 is 4.68 Å². The van der Waals surface area contributed by atoms with Crippen molar-refractivity contribution in [1.82, 2.24) is 9.67 Å². The third-order valence-electron chi connectivity index (χ3n) is 4.80. The molecule has 4 nitrogen and oxygen atoms in total. The summed E-state index contributed by atoms with van der Waals surface area (Å²) in [5.41, 5.74) is 3.26.